The van der Waals surface area contributed by atoms with E-state index in [-0.39, 0.29) is 25.6 Å². The summed E-state index contributed by atoms with van der Waals surface area (Å²) in [5.74, 6) is -0.369. The molecule has 2 aliphatic heterocycles. The number of carbonyl (C=O) groups is 1. The molecule has 11 unspecified atom stereocenters. The second-order valence-corrected chi connectivity index (χ2v) is 22.2. The zero-order valence-electron chi connectivity index (χ0n) is 47.8. The van der Waals surface area contributed by atoms with E-state index in [1.165, 1.54) is 205 Å². The fourth-order valence-corrected chi connectivity index (χ4v) is 10.2. The lowest BCUT2D eigenvalue weighted by Crippen LogP contribution is -2.61. The van der Waals surface area contributed by atoms with Crippen LogP contribution in [0.3, 0.4) is 0 Å². The third-order valence-corrected chi connectivity index (χ3v) is 15.3. The lowest BCUT2D eigenvalue weighted by atomic mass is 9.98. The number of aliphatic hydroxyl groups is 7. The van der Waals surface area contributed by atoms with E-state index in [1.54, 1.807) is 0 Å². The van der Waals surface area contributed by atoms with Gasteiger partial charge >= 0.3 is 5.97 Å². The standard InChI is InChI=1S/C61H116O14/c1-3-5-7-9-11-13-15-17-19-21-23-24-25-26-28-30-32-34-36-38-40-42-44-53(63)73-50(47-70-45-43-41-39-37-35-33-31-29-27-22-20-18-16-14-12-10-8-6-4-2)48-71-60-59(69)57(67)55(65)52(75-60)49-72-61-58(68)56(66)54(64)51(46-62)74-61/h20,22,50-52,54-62,64-69H,3-19,21,23-49H2,1-2H3/b22-20-. The first-order chi connectivity index (χ1) is 36.6. The van der Waals surface area contributed by atoms with Crippen LogP contribution in [0.1, 0.15) is 271 Å². The summed E-state index contributed by atoms with van der Waals surface area (Å²) < 4.78 is 34.5. The molecule has 2 fully saturated rings. The molecule has 0 amide bonds. The number of unbranched alkanes of at least 4 members (excludes halogenated alkanes) is 36. The Bertz CT molecular complexity index is 1290. The zero-order chi connectivity index (χ0) is 54.4. The van der Waals surface area contributed by atoms with Crippen LogP contribution in [-0.2, 0) is 33.2 Å². The van der Waals surface area contributed by atoms with Gasteiger partial charge in [-0.25, -0.2) is 0 Å². The summed E-state index contributed by atoms with van der Waals surface area (Å²) in [7, 11) is 0. The first-order valence-electron chi connectivity index (χ1n) is 31.3. The predicted molar refractivity (Wildman–Crippen MR) is 298 cm³/mol. The van der Waals surface area contributed by atoms with Crippen LogP contribution in [0.15, 0.2) is 12.2 Å². The quantitative estimate of drug-likeness (QED) is 0.0172. The van der Waals surface area contributed by atoms with Crippen LogP contribution in [0.2, 0.25) is 0 Å². The molecule has 0 saturated carbocycles. The molecule has 2 saturated heterocycles. The highest BCUT2D eigenvalue weighted by Crippen LogP contribution is 2.27. The Balaban J connectivity index is 1.68. The Morgan fingerprint density at radius 1 is 0.427 bits per heavy atom. The fraction of sp³-hybridized carbons (Fsp3) is 0.951. The van der Waals surface area contributed by atoms with Gasteiger partial charge in [-0.15, -0.1) is 0 Å². The van der Waals surface area contributed by atoms with Crippen molar-refractivity contribution in [2.45, 2.75) is 338 Å². The number of rotatable bonds is 52. The van der Waals surface area contributed by atoms with Gasteiger partial charge in [-0.3, -0.25) is 4.79 Å². The summed E-state index contributed by atoms with van der Waals surface area (Å²) in [5, 5.41) is 72.4. The number of aliphatic hydroxyl groups excluding tert-OH is 7. The maximum Gasteiger partial charge on any atom is 0.306 e. The molecule has 11 atom stereocenters. The summed E-state index contributed by atoms with van der Waals surface area (Å²) in [4.78, 5) is 13.1. The average Bonchev–Trinajstić information content (AvgIpc) is 3.41. The van der Waals surface area contributed by atoms with E-state index >= 15 is 0 Å². The molecule has 2 heterocycles. The molecule has 0 aromatic rings. The fourth-order valence-electron chi connectivity index (χ4n) is 10.2. The number of hydrogen-bond acceptors (Lipinski definition) is 14. The normalized spacial score (nSPS) is 24.6. The highest BCUT2D eigenvalue weighted by molar-refractivity contribution is 5.69. The molecule has 7 N–H and O–H groups in total. The van der Waals surface area contributed by atoms with Crippen molar-refractivity contribution in [2.75, 3.05) is 33.0 Å². The van der Waals surface area contributed by atoms with Crippen LogP contribution in [0.4, 0.5) is 0 Å². The molecular weight excluding hydrogens is 957 g/mol. The maximum atomic E-state index is 13.1. The molecule has 0 aromatic carbocycles. The SMILES string of the molecule is CCCCCCCCC/C=C\CCCCCCCCCCOCC(COC1OC(COC2OC(CO)C(O)C(O)C2O)C(O)C(O)C1O)OC(=O)CCCCCCCCCCCCCCCCCCCCCCCC. The Morgan fingerprint density at radius 3 is 1.21 bits per heavy atom. The summed E-state index contributed by atoms with van der Waals surface area (Å²) in [6, 6.07) is 0. The molecule has 75 heavy (non-hydrogen) atoms. The minimum absolute atomic E-state index is 0.0657. The molecule has 444 valence electrons. The number of carbonyl (C=O) groups excluding carboxylic acids is 1. The Hall–Kier alpha value is -1.27. The molecule has 0 bridgehead atoms. The Morgan fingerprint density at radius 2 is 0.787 bits per heavy atom. The number of ether oxygens (including phenoxy) is 6. The molecule has 0 aromatic heterocycles. The van der Waals surface area contributed by atoms with Crippen molar-refractivity contribution >= 4 is 5.97 Å². The van der Waals surface area contributed by atoms with E-state index in [0.717, 1.165) is 38.5 Å². The van der Waals surface area contributed by atoms with Crippen molar-refractivity contribution < 1.29 is 69.0 Å². The number of allylic oxidation sites excluding steroid dienone is 2. The van der Waals surface area contributed by atoms with Gasteiger partial charge in [-0.1, -0.05) is 238 Å². The van der Waals surface area contributed by atoms with E-state index in [9.17, 15) is 40.5 Å². The highest BCUT2D eigenvalue weighted by Gasteiger charge is 2.47. The van der Waals surface area contributed by atoms with E-state index in [0.29, 0.717) is 13.0 Å². The Labute approximate surface area is 456 Å². The van der Waals surface area contributed by atoms with E-state index in [1.807, 2.05) is 0 Å². The molecular formula is C61H116O14. The van der Waals surface area contributed by atoms with Gasteiger partial charge in [0.15, 0.2) is 12.6 Å². The van der Waals surface area contributed by atoms with E-state index in [4.69, 9.17) is 28.4 Å². The van der Waals surface area contributed by atoms with Gasteiger partial charge in [0.25, 0.3) is 0 Å². The molecule has 0 radical (unpaired) electrons. The zero-order valence-corrected chi connectivity index (χ0v) is 47.8. The van der Waals surface area contributed by atoms with Crippen molar-refractivity contribution in [3.63, 3.8) is 0 Å². The smallest absolute Gasteiger partial charge is 0.306 e. The predicted octanol–water partition coefficient (Wildman–Crippen LogP) is 11.8. The molecule has 2 rings (SSSR count). The van der Waals surface area contributed by atoms with Crippen LogP contribution in [0.25, 0.3) is 0 Å². The molecule has 0 spiro atoms. The summed E-state index contributed by atoms with van der Waals surface area (Å²) in [6.07, 6.45) is 38.5. The molecule has 2 aliphatic rings. The largest absolute Gasteiger partial charge is 0.457 e. The first-order valence-corrected chi connectivity index (χ1v) is 31.3. The van der Waals surface area contributed by atoms with Crippen LogP contribution >= 0.6 is 0 Å². The van der Waals surface area contributed by atoms with Crippen molar-refractivity contribution in [1.82, 2.24) is 0 Å². The number of esters is 1. The average molecular weight is 1070 g/mol. The van der Waals surface area contributed by atoms with Gasteiger partial charge in [-0.2, -0.15) is 0 Å². The van der Waals surface area contributed by atoms with Crippen LogP contribution in [0, 0.1) is 0 Å². The van der Waals surface area contributed by atoms with Crippen LogP contribution < -0.4 is 0 Å². The van der Waals surface area contributed by atoms with Crippen LogP contribution in [-0.4, -0.2) is 142 Å². The molecule has 14 heteroatoms. The van der Waals surface area contributed by atoms with Crippen molar-refractivity contribution in [2.24, 2.45) is 0 Å². The van der Waals surface area contributed by atoms with Gasteiger partial charge < -0.3 is 64.2 Å². The summed E-state index contributed by atoms with van der Waals surface area (Å²) >= 11 is 0. The minimum atomic E-state index is -1.70. The van der Waals surface area contributed by atoms with Gasteiger partial charge in [-0.05, 0) is 38.5 Å². The first kappa shape index (κ1) is 69.8. The van der Waals surface area contributed by atoms with Gasteiger partial charge in [0.2, 0.25) is 0 Å². The topological polar surface area (TPSA) is 214 Å². The minimum Gasteiger partial charge on any atom is -0.457 e. The second-order valence-electron chi connectivity index (χ2n) is 22.2. The van der Waals surface area contributed by atoms with Gasteiger partial charge in [0, 0.05) is 13.0 Å². The molecule has 0 aliphatic carbocycles. The highest BCUT2D eigenvalue weighted by atomic mass is 16.7. The molecule has 14 nitrogen and oxygen atoms in total. The summed E-state index contributed by atoms with van der Waals surface area (Å²) in [6.45, 7) is 3.75. The van der Waals surface area contributed by atoms with Gasteiger partial charge in [0.1, 0.15) is 54.9 Å². The van der Waals surface area contributed by atoms with E-state index in [2.05, 4.69) is 26.0 Å². The summed E-state index contributed by atoms with van der Waals surface area (Å²) in [5.41, 5.74) is 0. The van der Waals surface area contributed by atoms with Crippen LogP contribution in [0.5, 0.6) is 0 Å². The second kappa shape index (κ2) is 48.6. The number of hydrogen-bond donors (Lipinski definition) is 7. The lowest BCUT2D eigenvalue weighted by Gasteiger charge is -2.42. The van der Waals surface area contributed by atoms with Crippen molar-refractivity contribution in [3.8, 4) is 0 Å². The van der Waals surface area contributed by atoms with Crippen molar-refractivity contribution in [3.05, 3.63) is 12.2 Å². The van der Waals surface area contributed by atoms with Crippen molar-refractivity contribution in [1.29, 1.82) is 0 Å². The monoisotopic (exact) mass is 1070 g/mol. The third kappa shape index (κ3) is 35.2. The lowest BCUT2D eigenvalue weighted by molar-refractivity contribution is -0.332. The Kier molecular flexibility index (Phi) is 45.3. The van der Waals surface area contributed by atoms with E-state index < -0.39 is 80.7 Å². The maximum absolute atomic E-state index is 13.1. The van der Waals surface area contributed by atoms with Gasteiger partial charge in [0.05, 0.1) is 26.4 Å². The third-order valence-electron chi connectivity index (χ3n) is 15.3.